The van der Waals surface area contributed by atoms with E-state index in [0.717, 1.165) is 18.5 Å². The van der Waals surface area contributed by atoms with Crippen molar-refractivity contribution in [3.63, 3.8) is 0 Å². The third kappa shape index (κ3) is 2.94. The summed E-state index contributed by atoms with van der Waals surface area (Å²) in [5, 5.41) is 5.71. The first-order valence-electron chi connectivity index (χ1n) is 8.27. The number of carbonyl (C=O) groups is 1. The number of aromatic nitrogens is 2. The van der Waals surface area contributed by atoms with Gasteiger partial charge in [-0.05, 0) is 26.1 Å². The van der Waals surface area contributed by atoms with E-state index in [1.165, 1.54) is 4.68 Å². The van der Waals surface area contributed by atoms with Crippen molar-refractivity contribution in [2.45, 2.75) is 19.4 Å². The standard InChI is InChI=1S/C18H24N4O2/c1-12-10-22(11-16(12)20(2)3)17(23)9-15-13-7-5-6-8-14(13)18(24)21(4)19-15/h5-8,12,16H,9-11H2,1-4H3/t12-,16-/m1/s1. The van der Waals surface area contributed by atoms with E-state index in [2.05, 4.69) is 31.0 Å². The first kappa shape index (κ1) is 16.6. The highest BCUT2D eigenvalue weighted by Crippen LogP contribution is 2.21. The van der Waals surface area contributed by atoms with Gasteiger partial charge in [0.1, 0.15) is 0 Å². The van der Waals surface area contributed by atoms with Crippen LogP contribution in [0.15, 0.2) is 29.1 Å². The second-order valence-corrected chi connectivity index (χ2v) is 6.90. The Balaban J connectivity index is 1.87. The van der Waals surface area contributed by atoms with Crippen LogP contribution in [0.1, 0.15) is 12.6 Å². The van der Waals surface area contributed by atoms with Crippen LogP contribution in [-0.4, -0.2) is 58.7 Å². The van der Waals surface area contributed by atoms with Crippen LogP contribution in [0.4, 0.5) is 0 Å². The Morgan fingerprint density at radius 3 is 2.54 bits per heavy atom. The smallest absolute Gasteiger partial charge is 0.274 e. The average Bonchev–Trinajstić information content (AvgIpc) is 2.94. The lowest BCUT2D eigenvalue weighted by Gasteiger charge is -2.22. The fourth-order valence-corrected chi connectivity index (χ4v) is 3.59. The summed E-state index contributed by atoms with van der Waals surface area (Å²) in [6, 6.07) is 7.74. The van der Waals surface area contributed by atoms with Crippen LogP contribution in [0.2, 0.25) is 0 Å². The van der Waals surface area contributed by atoms with Crippen molar-refractivity contribution in [1.29, 1.82) is 0 Å². The predicted molar refractivity (Wildman–Crippen MR) is 93.9 cm³/mol. The van der Waals surface area contributed by atoms with E-state index in [0.29, 0.717) is 23.0 Å². The van der Waals surface area contributed by atoms with Crippen molar-refractivity contribution in [3.8, 4) is 0 Å². The van der Waals surface area contributed by atoms with Gasteiger partial charge in [-0.25, -0.2) is 4.68 Å². The van der Waals surface area contributed by atoms with Gasteiger partial charge in [0.15, 0.2) is 0 Å². The zero-order chi connectivity index (χ0) is 17.4. The van der Waals surface area contributed by atoms with Crippen LogP contribution >= 0.6 is 0 Å². The molecular weight excluding hydrogens is 304 g/mol. The number of likely N-dealkylation sites (tertiary alicyclic amines) is 1. The second-order valence-electron chi connectivity index (χ2n) is 6.90. The average molecular weight is 328 g/mol. The van der Waals surface area contributed by atoms with Gasteiger partial charge in [-0.1, -0.05) is 25.1 Å². The molecule has 0 bridgehead atoms. The molecule has 1 aliphatic heterocycles. The lowest BCUT2D eigenvalue weighted by atomic mass is 10.1. The minimum atomic E-state index is -0.135. The molecule has 1 aromatic heterocycles. The molecule has 2 aromatic rings. The number of aryl methyl sites for hydroxylation is 1. The maximum atomic E-state index is 12.7. The molecule has 1 amide bonds. The molecule has 2 atom stereocenters. The topological polar surface area (TPSA) is 58.4 Å². The van der Waals surface area contributed by atoms with Crippen LogP contribution in [0.3, 0.4) is 0 Å². The van der Waals surface area contributed by atoms with Gasteiger partial charge in [-0.15, -0.1) is 0 Å². The van der Waals surface area contributed by atoms with Crippen LogP contribution in [0.5, 0.6) is 0 Å². The molecule has 0 unspecified atom stereocenters. The van der Waals surface area contributed by atoms with Gasteiger partial charge in [0, 0.05) is 31.6 Å². The maximum Gasteiger partial charge on any atom is 0.274 e. The third-order valence-corrected chi connectivity index (χ3v) is 4.94. The molecule has 128 valence electrons. The largest absolute Gasteiger partial charge is 0.340 e. The van der Waals surface area contributed by atoms with Crippen molar-refractivity contribution < 1.29 is 4.79 Å². The van der Waals surface area contributed by atoms with Crippen LogP contribution in [0, 0.1) is 5.92 Å². The minimum Gasteiger partial charge on any atom is -0.340 e. The second kappa shape index (κ2) is 6.36. The number of carbonyl (C=O) groups excluding carboxylic acids is 1. The minimum absolute atomic E-state index is 0.0718. The lowest BCUT2D eigenvalue weighted by molar-refractivity contribution is -0.129. The molecule has 1 saturated heterocycles. The monoisotopic (exact) mass is 328 g/mol. The molecule has 6 nitrogen and oxygen atoms in total. The summed E-state index contributed by atoms with van der Waals surface area (Å²) >= 11 is 0. The summed E-state index contributed by atoms with van der Waals surface area (Å²) in [6.45, 7) is 3.69. The number of rotatable bonds is 3. The van der Waals surface area contributed by atoms with Gasteiger partial charge >= 0.3 is 0 Å². The Morgan fingerprint density at radius 1 is 1.25 bits per heavy atom. The Kier molecular flexibility index (Phi) is 4.41. The summed E-state index contributed by atoms with van der Waals surface area (Å²) in [4.78, 5) is 29.0. The molecule has 0 aliphatic carbocycles. The van der Waals surface area contributed by atoms with E-state index in [4.69, 9.17) is 0 Å². The van der Waals surface area contributed by atoms with Crippen molar-refractivity contribution in [2.24, 2.45) is 13.0 Å². The first-order chi connectivity index (χ1) is 11.4. The molecule has 0 N–H and O–H groups in total. The lowest BCUT2D eigenvalue weighted by Crippen LogP contribution is -2.36. The van der Waals surface area contributed by atoms with Crippen LogP contribution < -0.4 is 5.56 Å². The summed E-state index contributed by atoms with van der Waals surface area (Å²) < 4.78 is 1.32. The van der Waals surface area contributed by atoms with Gasteiger partial charge in [0.25, 0.3) is 5.56 Å². The normalized spacial score (nSPS) is 21.0. The number of hydrogen-bond donors (Lipinski definition) is 0. The molecule has 1 aromatic carbocycles. The molecule has 6 heteroatoms. The number of likely N-dealkylation sites (N-methyl/N-ethyl adjacent to an activating group) is 1. The van der Waals surface area contributed by atoms with E-state index in [1.54, 1.807) is 13.1 Å². The zero-order valence-electron chi connectivity index (χ0n) is 14.7. The van der Waals surface area contributed by atoms with E-state index < -0.39 is 0 Å². The summed E-state index contributed by atoms with van der Waals surface area (Å²) in [6.07, 6.45) is 0.224. The molecule has 1 fully saturated rings. The number of nitrogens with zero attached hydrogens (tertiary/aromatic N) is 4. The zero-order valence-corrected chi connectivity index (χ0v) is 14.7. The Labute approximate surface area is 141 Å². The molecule has 0 radical (unpaired) electrons. The molecule has 24 heavy (non-hydrogen) atoms. The highest BCUT2D eigenvalue weighted by atomic mass is 16.2. The van der Waals surface area contributed by atoms with Gasteiger partial charge in [-0.2, -0.15) is 5.10 Å². The quantitative estimate of drug-likeness (QED) is 0.839. The number of amides is 1. The van der Waals surface area contributed by atoms with Gasteiger partial charge in [0.05, 0.1) is 17.5 Å². The van der Waals surface area contributed by atoms with E-state index in [9.17, 15) is 9.59 Å². The van der Waals surface area contributed by atoms with Gasteiger partial charge in [0.2, 0.25) is 5.91 Å². The van der Waals surface area contributed by atoms with E-state index in [1.807, 2.05) is 23.1 Å². The fourth-order valence-electron chi connectivity index (χ4n) is 3.59. The highest BCUT2D eigenvalue weighted by molar-refractivity contribution is 5.88. The molecule has 1 aliphatic rings. The van der Waals surface area contributed by atoms with Gasteiger partial charge < -0.3 is 9.80 Å². The molecule has 0 saturated carbocycles. The molecule has 2 heterocycles. The number of fused-ring (bicyclic) bond motifs is 1. The Bertz CT molecular complexity index is 827. The first-order valence-corrected chi connectivity index (χ1v) is 8.27. The summed E-state index contributed by atoms with van der Waals surface area (Å²) in [5.74, 6) is 0.524. The van der Waals surface area contributed by atoms with Crippen molar-refractivity contribution in [3.05, 3.63) is 40.3 Å². The van der Waals surface area contributed by atoms with Crippen molar-refractivity contribution in [1.82, 2.24) is 19.6 Å². The maximum absolute atomic E-state index is 12.7. The number of hydrogen-bond acceptors (Lipinski definition) is 4. The summed E-state index contributed by atoms with van der Waals surface area (Å²) in [7, 11) is 5.73. The van der Waals surface area contributed by atoms with Gasteiger partial charge in [-0.3, -0.25) is 9.59 Å². The van der Waals surface area contributed by atoms with Crippen molar-refractivity contribution >= 4 is 16.7 Å². The third-order valence-electron chi connectivity index (χ3n) is 4.94. The number of benzene rings is 1. The highest BCUT2D eigenvalue weighted by Gasteiger charge is 2.33. The molecular formula is C18H24N4O2. The van der Waals surface area contributed by atoms with Crippen LogP contribution in [0.25, 0.3) is 10.8 Å². The Morgan fingerprint density at radius 2 is 1.92 bits per heavy atom. The van der Waals surface area contributed by atoms with Crippen LogP contribution in [-0.2, 0) is 18.3 Å². The Hall–Kier alpha value is -2.21. The summed E-state index contributed by atoms with van der Waals surface area (Å²) in [5.41, 5.74) is 0.530. The molecule has 0 spiro atoms. The van der Waals surface area contributed by atoms with E-state index >= 15 is 0 Å². The molecule has 3 rings (SSSR count). The fraction of sp³-hybridized carbons (Fsp3) is 0.500. The van der Waals surface area contributed by atoms with E-state index in [-0.39, 0.29) is 17.9 Å². The SMILES string of the molecule is C[C@@H]1CN(C(=O)Cc2nn(C)c(=O)c3ccccc23)C[C@H]1N(C)C. The van der Waals surface area contributed by atoms with Crippen molar-refractivity contribution in [2.75, 3.05) is 27.2 Å². The predicted octanol–water partition coefficient (Wildman–Crippen LogP) is 0.884.